The number of carbonyl (C=O) groups is 1. The summed E-state index contributed by atoms with van der Waals surface area (Å²) in [6.07, 6.45) is 2.62. The molecule has 0 radical (unpaired) electrons. The van der Waals surface area contributed by atoms with Crippen molar-refractivity contribution in [3.8, 4) is 5.75 Å². The zero-order valence-corrected chi connectivity index (χ0v) is 9.84. The maximum Gasteiger partial charge on any atom is 0.255 e. The molecule has 0 aliphatic rings. The molecular formula is C10H13N3O2S. The van der Waals surface area contributed by atoms with Crippen LogP contribution < -0.4 is 11.1 Å². The van der Waals surface area contributed by atoms with Crippen molar-refractivity contribution in [2.24, 2.45) is 5.73 Å². The summed E-state index contributed by atoms with van der Waals surface area (Å²) in [7, 11) is 0. The Morgan fingerprint density at radius 3 is 2.75 bits per heavy atom. The fraction of sp³-hybridized carbons (Fsp3) is 0.300. The number of pyridine rings is 1. The molecule has 0 saturated carbocycles. The van der Waals surface area contributed by atoms with Crippen LogP contribution in [0.15, 0.2) is 18.5 Å². The van der Waals surface area contributed by atoms with Crippen LogP contribution in [0.2, 0.25) is 0 Å². The number of thiocarbonyl (C=S) groups is 1. The lowest BCUT2D eigenvalue weighted by Gasteiger charge is -2.24. The normalized spacial score (nSPS) is 10.9. The van der Waals surface area contributed by atoms with Crippen molar-refractivity contribution in [1.29, 1.82) is 0 Å². The summed E-state index contributed by atoms with van der Waals surface area (Å²) in [4.78, 5) is 15.6. The minimum absolute atomic E-state index is 0.138. The van der Waals surface area contributed by atoms with Crippen molar-refractivity contribution < 1.29 is 9.90 Å². The van der Waals surface area contributed by atoms with Crippen molar-refractivity contribution in [2.75, 3.05) is 0 Å². The molecule has 0 bridgehead atoms. The number of aromatic hydroxyl groups is 1. The van der Waals surface area contributed by atoms with Gasteiger partial charge in [0.05, 0.1) is 22.3 Å². The highest BCUT2D eigenvalue weighted by Gasteiger charge is 2.25. The number of carbonyl (C=O) groups excluding carboxylic acids is 1. The zero-order chi connectivity index (χ0) is 12.3. The van der Waals surface area contributed by atoms with Crippen LogP contribution in [0, 0.1) is 0 Å². The van der Waals surface area contributed by atoms with Crippen LogP contribution in [0.1, 0.15) is 24.2 Å². The summed E-state index contributed by atoms with van der Waals surface area (Å²) < 4.78 is 0. The summed E-state index contributed by atoms with van der Waals surface area (Å²) in [5.74, 6) is -0.628. The lowest BCUT2D eigenvalue weighted by atomic mass is 10.1. The van der Waals surface area contributed by atoms with E-state index in [-0.39, 0.29) is 16.3 Å². The van der Waals surface area contributed by atoms with E-state index in [2.05, 4.69) is 10.3 Å². The molecule has 0 aliphatic heterocycles. The van der Waals surface area contributed by atoms with Crippen LogP contribution in [0.5, 0.6) is 5.75 Å². The molecule has 86 valence electrons. The first kappa shape index (κ1) is 12.4. The molecule has 4 N–H and O–H groups in total. The van der Waals surface area contributed by atoms with E-state index in [0.717, 1.165) is 0 Å². The average molecular weight is 239 g/mol. The van der Waals surface area contributed by atoms with Gasteiger partial charge < -0.3 is 16.2 Å². The second-order valence-corrected chi connectivity index (χ2v) is 4.28. The van der Waals surface area contributed by atoms with Gasteiger partial charge in [0.25, 0.3) is 5.91 Å². The van der Waals surface area contributed by atoms with Crippen LogP contribution in [-0.2, 0) is 0 Å². The van der Waals surface area contributed by atoms with E-state index in [1.54, 1.807) is 13.8 Å². The molecular weight excluding hydrogens is 226 g/mol. The van der Waals surface area contributed by atoms with Crippen molar-refractivity contribution in [1.82, 2.24) is 10.3 Å². The van der Waals surface area contributed by atoms with Gasteiger partial charge in [-0.3, -0.25) is 9.78 Å². The Kier molecular flexibility index (Phi) is 3.44. The molecule has 1 rings (SSSR count). The first-order valence-corrected chi connectivity index (χ1v) is 5.01. The summed E-state index contributed by atoms with van der Waals surface area (Å²) in [6.45, 7) is 3.37. The maximum atomic E-state index is 11.8. The van der Waals surface area contributed by atoms with Crippen LogP contribution in [-0.4, -0.2) is 26.5 Å². The smallest absolute Gasteiger partial charge is 0.255 e. The fourth-order valence-electron chi connectivity index (χ4n) is 0.991. The number of nitrogens with two attached hydrogens (primary N) is 1. The number of nitrogens with one attached hydrogen (secondary N) is 1. The van der Waals surface area contributed by atoms with Crippen molar-refractivity contribution in [3.63, 3.8) is 0 Å². The highest BCUT2D eigenvalue weighted by atomic mass is 32.1. The Balaban J connectivity index is 2.89. The van der Waals surface area contributed by atoms with Crippen molar-refractivity contribution in [3.05, 3.63) is 24.0 Å². The van der Waals surface area contributed by atoms with E-state index < -0.39 is 11.4 Å². The SMILES string of the molecule is CC(C)(NC(=O)c1ccncc1O)C(N)=S. The Labute approximate surface area is 98.7 Å². The van der Waals surface area contributed by atoms with Gasteiger partial charge in [-0.2, -0.15) is 0 Å². The molecule has 6 heteroatoms. The number of hydrogen-bond acceptors (Lipinski definition) is 4. The van der Waals surface area contributed by atoms with E-state index in [9.17, 15) is 9.90 Å². The third-order valence-electron chi connectivity index (χ3n) is 2.09. The van der Waals surface area contributed by atoms with Gasteiger partial charge in [0.1, 0.15) is 5.75 Å². The quantitative estimate of drug-likeness (QED) is 0.672. The van der Waals surface area contributed by atoms with Gasteiger partial charge in [-0.25, -0.2) is 0 Å². The van der Waals surface area contributed by atoms with Crippen molar-refractivity contribution in [2.45, 2.75) is 19.4 Å². The Morgan fingerprint density at radius 1 is 1.62 bits per heavy atom. The molecule has 16 heavy (non-hydrogen) atoms. The fourth-order valence-corrected chi connectivity index (χ4v) is 1.04. The number of hydrogen-bond donors (Lipinski definition) is 3. The van der Waals surface area contributed by atoms with Crippen LogP contribution in [0.4, 0.5) is 0 Å². The number of rotatable bonds is 3. The van der Waals surface area contributed by atoms with Crippen LogP contribution in [0.25, 0.3) is 0 Å². The second-order valence-electron chi connectivity index (χ2n) is 3.84. The van der Waals surface area contributed by atoms with Gasteiger partial charge in [0.2, 0.25) is 0 Å². The summed E-state index contributed by atoms with van der Waals surface area (Å²) >= 11 is 4.82. The lowest BCUT2D eigenvalue weighted by Crippen LogP contribution is -2.52. The molecule has 0 aromatic carbocycles. The van der Waals surface area contributed by atoms with Crippen LogP contribution >= 0.6 is 12.2 Å². The lowest BCUT2D eigenvalue weighted by molar-refractivity contribution is 0.0929. The van der Waals surface area contributed by atoms with Crippen LogP contribution in [0.3, 0.4) is 0 Å². The molecule has 0 saturated heterocycles. The monoisotopic (exact) mass is 239 g/mol. The van der Waals surface area contributed by atoms with Crippen molar-refractivity contribution >= 4 is 23.1 Å². The third-order valence-corrected chi connectivity index (χ3v) is 2.60. The molecule has 1 aromatic heterocycles. The largest absolute Gasteiger partial charge is 0.505 e. The number of nitrogens with zero attached hydrogens (tertiary/aromatic N) is 1. The van der Waals surface area contributed by atoms with E-state index in [1.165, 1.54) is 18.5 Å². The molecule has 1 amide bonds. The molecule has 1 heterocycles. The Morgan fingerprint density at radius 2 is 2.25 bits per heavy atom. The predicted molar refractivity (Wildman–Crippen MR) is 64.2 cm³/mol. The average Bonchev–Trinajstić information content (AvgIpc) is 2.17. The standard InChI is InChI=1S/C10H13N3O2S/c1-10(2,9(11)16)13-8(15)6-3-4-12-5-7(6)14/h3-5,14H,1-2H3,(H2,11,16)(H,13,15). The Bertz CT molecular complexity index is 432. The molecule has 0 unspecified atom stereocenters. The molecule has 0 atom stereocenters. The van der Waals surface area contributed by atoms with Gasteiger partial charge >= 0.3 is 0 Å². The van der Waals surface area contributed by atoms with E-state index >= 15 is 0 Å². The van der Waals surface area contributed by atoms with E-state index in [1.807, 2.05) is 0 Å². The van der Waals surface area contributed by atoms with E-state index in [0.29, 0.717) is 0 Å². The van der Waals surface area contributed by atoms with Gasteiger partial charge in [-0.15, -0.1) is 0 Å². The summed E-state index contributed by atoms with van der Waals surface area (Å²) in [5.41, 5.74) is 4.81. The first-order chi connectivity index (χ1) is 7.34. The molecule has 1 aromatic rings. The van der Waals surface area contributed by atoms with Gasteiger partial charge in [0.15, 0.2) is 0 Å². The third kappa shape index (κ3) is 2.66. The topological polar surface area (TPSA) is 88.2 Å². The number of aromatic nitrogens is 1. The zero-order valence-electron chi connectivity index (χ0n) is 9.02. The first-order valence-electron chi connectivity index (χ1n) is 4.60. The number of amides is 1. The minimum Gasteiger partial charge on any atom is -0.505 e. The minimum atomic E-state index is -0.803. The predicted octanol–water partition coefficient (Wildman–Crippen LogP) is 0.582. The Hall–Kier alpha value is -1.69. The van der Waals surface area contributed by atoms with Gasteiger partial charge in [-0.05, 0) is 19.9 Å². The van der Waals surface area contributed by atoms with E-state index in [4.69, 9.17) is 18.0 Å². The highest BCUT2D eigenvalue weighted by molar-refractivity contribution is 7.80. The molecule has 0 fully saturated rings. The molecule has 0 aliphatic carbocycles. The molecule has 5 nitrogen and oxygen atoms in total. The summed E-state index contributed by atoms with van der Waals surface area (Å²) in [5, 5.41) is 12.0. The van der Waals surface area contributed by atoms with Gasteiger partial charge in [0, 0.05) is 6.20 Å². The molecule has 0 spiro atoms. The summed E-state index contributed by atoms with van der Waals surface area (Å²) in [6, 6.07) is 1.42. The second kappa shape index (κ2) is 4.44. The highest BCUT2D eigenvalue weighted by Crippen LogP contribution is 2.15. The maximum absolute atomic E-state index is 11.8. The van der Waals surface area contributed by atoms with Gasteiger partial charge in [-0.1, -0.05) is 12.2 Å².